The molecule has 1 fully saturated rings. The van der Waals surface area contributed by atoms with Crippen LogP contribution in [0, 0.1) is 0 Å². The summed E-state index contributed by atoms with van der Waals surface area (Å²) in [5.41, 5.74) is 0. The maximum Gasteiger partial charge on any atom is 0.522 e. The van der Waals surface area contributed by atoms with Crippen molar-refractivity contribution in [2.24, 2.45) is 0 Å². The molecular weight excluding hydrogens is 235 g/mol. The van der Waals surface area contributed by atoms with Crippen LogP contribution in [0.25, 0.3) is 0 Å². The molecule has 17 heavy (non-hydrogen) atoms. The third-order valence-electron chi connectivity index (χ3n) is 3.16. The van der Waals surface area contributed by atoms with Crippen molar-refractivity contribution >= 4 is 5.78 Å². The van der Waals surface area contributed by atoms with Crippen molar-refractivity contribution in [1.29, 1.82) is 0 Å². The molecule has 100 valence electrons. The van der Waals surface area contributed by atoms with E-state index in [0.717, 1.165) is 0 Å². The van der Waals surface area contributed by atoms with E-state index in [9.17, 15) is 18.0 Å². The predicted octanol–water partition coefficient (Wildman–Crippen LogP) is 2.35. The fraction of sp³-hybridized carbons (Fsp3) is 0.909. The second-order valence-electron chi connectivity index (χ2n) is 4.33. The summed E-state index contributed by atoms with van der Waals surface area (Å²) in [5.74, 6) is 0.179. The second-order valence-corrected chi connectivity index (χ2v) is 4.33. The lowest BCUT2D eigenvalue weighted by Crippen LogP contribution is -2.48. The molecule has 0 aromatic carbocycles. The highest BCUT2D eigenvalue weighted by molar-refractivity contribution is 5.79. The Morgan fingerprint density at radius 2 is 1.88 bits per heavy atom. The van der Waals surface area contributed by atoms with Crippen LogP contribution in [0.3, 0.4) is 0 Å². The van der Waals surface area contributed by atoms with Gasteiger partial charge in [-0.15, -0.1) is 13.2 Å². The van der Waals surface area contributed by atoms with E-state index in [1.165, 1.54) is 0 Å². The molecule has 1 heterocycles. The Morgan fingerprint density at radius 1 is 1.35 bits per heavy atom. The van der Waals surface area contributed by atoms with Crippen molar-refractivity contribution in [3.8, 4) is 0 Å². The number of hydrogen-bond acceptors (Lipinski definition) is 3. The Bertz CT molecular complexity index is 258. The number of rotatable bonds is 4. The summed E-state index contributed by atoms with van der Waals surface area (Å²) in [6.07, 6.45) is -4.33. The third-order valence-corrected chi connectivity index (χ3v) is 3.16. The topological polar surface area (TPSA) is 29.5 Å². The molecule has 0 bridgehead atoms. The second kappa shape index (κ2) is 5.82. The van der Waals surface area contributed by atoms with Gasteiger partial charge >= 0.3 is 6.36 Å². The summed E-state index contributed by atoms with van der Waals surface area (Å²) in [6.45, 7) is 4.44. The normalized spacial score (nSPS) is 22.5. The number of carbonyl (C=O) groups excluding carboxylic acids is 1. The average Bonchev–Trinajstić information content (AvgIpc) is 2.25. The number of halogens is 3. The summed E-state index contributed by atoms with van der Waals surface area (Å²) < 4.78 is 40.7. The first-order chi connectivity index (χ1) is 7.83. The SMILES string of the molecule is CC[C@H](OC(F)(F)F)C(C)N1CCC(=O)CC1. The van der Waals surface area contributed by atoms with Gasteiger partial charge in [0.25, 0.3) is 0 Å². The zero-order valence-electron chi connectivity index (χ0n) is 10.1. The molecule has 1 rings (SSSR count). The molecule has 0 radical (unpaired) electrons. The van der Waals surface area contributed by atoms with Crippen LogP contribution in [-0.2, 0) is 9.53 Å². The zero-order valence-corrected chi connectivity index (χ0v) is 10.1. The van der Waals surface area contributed by atoms with Crippen molar-refractivity contribution in [3.63, 3.8) is 0 Å². The van der Waals surface area contributed by atoms with Gasteiger partial charge in [-0.1, -0.05) is 6.92 Å². The monoisotopic (exact) mass is 253 g/mol. The average molecular weight is 253 g/mol. The maximum absolute atomic E-state index is 12.2. The van der Waals surface area contributed by atoms with Crippen molar-refractivity contribution in [2.75, 3.05) is 13.1 Å². The van der Waals surface area contributed by atoms with Crippen LogP contribution in [-0.4, -0.2) is 42.3 Å². The summed E-state index contributed by atoms with van der Waals surface area (Å²) in [7, 11) is 0. The van der Waals surface area contributed by atoms with Crippen molar-refractivity contribution < 1.29 is 22.7 Å². The van der Waals surface area contributed by atoms with Gasteiger partial charge in [-0.05, 0) is 13.3 Å². The third kappa shape index (κ3) is 4.63. The van der Waals surface area contributed by atoms with E-state index in [2.05, 4.69) is 4.74 Å². The quantitative estimate of drug-likeness (QED) is 0.770. The molecule has 1 unspecified atom stereocenters. The van der Waals surface area contributed by atoms with E-state index in [-0.39, 0.29) is 11.8 Å². The zero-order chi connectivity index (χ0) is 13.1. The van der Waals surface area contributed by atoms with E-state index < -0.39 is 12.5 Å². The van der Waals surface area contributed by atoms with Gasteiger partial charge in [-0.3, -0.25) is 14.4 Å². The number of carbonyl (C=O) groups is 1. The number of ether oxygens (including phenoxy) is 1. The number of likely N-dealkylation sites (tertiary alicyclic amines) is 1. The van der Waals surface area contributed by atoms with Gasteiger partial charge in [0.15, 0.2) is 0 Å². The Labute approximate surface area is 98.9 Å². The van der Waals surface area contributed by atoms with E-state index in [1.54, 1.807) is 13.8 Å². The number of piperidine rings is 1. The summed E-state index contributed by atoms with van der Waals surface area (Å²) in [6, 6.07) is -0.324. The largest absolute Gasteiger partial charge is 0.522 e. The number of nitrogens with zero attached hydrogens (tertiary/aromatic N) is 1. The number of alkyl halides is 3. The van der Waals surface area contributed by atoms with Crippen molar-refractivity contribution in [1.82, 2.24) is 4.90 Å². The molecule has 0 amide bonds. The van der Waals surface area contributed by atoms with E-state index in [1.807, 2.05) is 4.90 Å². The van der Waals surface area contributed by atoms with Crippen LogP contribution in [0.4, 0.5) is 13.2 Å². The molecule has 1 saturated heterocycles. The Hall–Kier alpha value is -0.620. The van der Waals surface area contributed by atoms with Gasteiger partial charge in [-0.2, -0.15) is 0 Å². The Kier molecular flexibility index (Phi) is 4.94. The van der Waals surface area contributed by atoms with Crippen LogP contribution < -0.4 is 0 Å². The molecular formula is C11H18F3NO2. The van der Waals surface area contributed by atoms with E-state index in [4.69, 9.17) is 0 Å². The fourth-order valence-electron chi connectivity index (χ4n) is 2.11. The molecule has 2 atom stereocenters. The van der Waals surface area contributed by atoms with Crippen molar-refractivity contribution in [3.05, 3.63) is 0 Å². The van der Waals surface area contributed by atoms with Crippen LogP contribution >= 0.6 is 0 Å². The minimum Gasteiger partial charge on any atom is -0.300 e. The first-order valence-corrected chi connectivity index (χ1v) is 5.83. The molecule has 0 aliphatic carbocycles. The maximum atomic E-state index is 12.2. The summed E-state index contributed by atoms with van der Waals surface area (Å²) in [5, 5.41) is 0. The molecule has 0 spiro atoms. The predicted molar refractivity (Wildman–Crippen MR) is 56.5 cm³/mol. The Morgan fingerprint density at radius 3 is 2.29 bits per heavy atom. The van der Waals surface area contributed by atoms with E-state index >= 15 is 0 Å². The van der Waals surface area contributed by atoms with Gasteiger partial charge in [0.1, 0.15) is 5.78 Å². The van der Waals surface area contributed by atoms with Crippen LogP contribution in [0.1, 0.15) is 33.1 Å². The molecule has 0 saturated carbocycles. The van der Waals surface area contributed by atoms with Gasteiger partial charge in [-0.25, -0.2) is 0 Å². The molecule has 3 nitrogen and oxygen atoms in total. The van der Waals surface area contributed by atoms with Gasteiger partial charge in [0.05, 0.1) is 6.10 Å². The number of ketones is 1. The van der Waals surface area contributed by atoms with E-state index in [0.29, 0.717) is 32.4 Å². The van der Waals surface area contributed by atoms with Gasteiger partial charge in [0, 0.05) is 32.0 Å². The van der Waals surface area contributed by atoms with Crippen LogP contribution in [0.15, 0.2) is 0 Å². The first-order valence-electron chi connectivity index (χ1n) is 5.83. The summed E-state index contributed by atoms with van der Waals surface area (Å²) in [4.78, 5) is 13.0. The summed E-state index contributed by atoms with van der Waals surface area (Å²) >= 11 is 0. The number of hydrogen-bond donors (Lipinski definition) is 0. The lowest BCUT2D eigenvalue weighted by Gasteiger charge is -2.36. The molecule has 6 heteroatoms. The van der Waals surface area contributed by atoms with Crippen molar-refractivity contribution in [2.45, 2.75) is 51.6 Å². The highest BCUT2D eigenvalue weighted by atomic mass is 19.4. The minimum atomic E-state index is -4.60. The standard InChI is InChI=1S/C11H18F3NO2/c1-3-10(17-11(12,13)14)8(2)15-6-4-9(16)5-7-15/h8,10H,3-7H2,1-2H3/t8?,10-/m0/s1. The molecule has 0 N–H and O–H groups in total. The Balaban J connectivity index is 2.53. The first kappa shape index (κ1) is 14.4. The number of Topliss-reactive ketones (excluding diaryl/α,β-unsaturated/α-hetero) is 1. The lowest BCUT2D eigenvalue weighted by molar-refractivity contribution is -0.348. The van der Waals surface area contributed by atoms with Crippen LogP contribution in [0.2, 0.25) is 0 Å². The molecule has 1 aliphatic heterocycles. The highest BCUT2D eigenvalue weighted by Crippen LogP contribution is 2.24. The minimum absolute atomic E-state index is 0.179. The highest BCUT2D eigenvalue weighted by Gasteiger charge is 2.37. The molecule has 0 aromatic rings. The fourth-order valence-corrected chi connectivity index (χ4v) is 2.11. The molecule has 1 aliphatic rings. The van der Waals surface area contributed by atoms with Crippen LogP contribution in [0.5, 0.6) is 0 Å². The smallest absolute Gasteiger partial charge is 0.300 e. The van der Waals surface area contributed by atoms with Gasteiger partial charge < -0.3 is 0 Å². The van der Waals surface area contributed by atoms with Gasteiger partial charge in [0.2, 0.25) is 0 Å². The lowest BCUT2D eigenvalue weighted by atomic mass is 10.0. The molecule has 0 aromatic heterocycles.